The highest BCUT2D eigenvalue weighted by Gasteiger charge is 2.17. The second kappa shape index (κ2) is 4.66. The van der Waals surface area contributed by atoms with E-state index in [1.165, 1.54) is 0 Å². The molecule has 6 nitrogen and oxygen atoms in total. The van der Waals surface area contributed by atoms with Crippen LogP contribution in [-0.2, 0) is 4.74 Å². The molecule has 0 amide bonds. The molecule has 0 saturated heterocycles. The Bertz CT molecular complexity index is 349. The highest BCUT2D eigenvalue weighted by atomic mass is 32.1. The minimum absolute atomic E-state index is 0.00449. The van der Waals surface area contributed by atoms with Crippen molar-refractivity contribution in [3.63, 3.8) is 0 Å². The van der Waals surface area contributed by atoms with Gasteiger partial charge in [-0.1, -0.05) is 6.92 Å². The van der Waals surface area contributed by atoms with Gasteiger partial charge in [0.15, 0.2) is 5.69 Å². The normalized spacial score (nSPS) is 9.79. The number of hydrogen-bond acceptors (Lipinski definition) is 6. The lowest BCUT2D eigenvalue weighted by atomic mass is 10.4. The van der Waals surface area contributed by atoms with Crippen LogP contribution in [0.3, 0.4) is 0 Å². The van der Waals surface area contributed by atoms with Crippen LogP contribution in [0.4, 0.5) is 5.00 Å². The largest absolute Gasteiger partial charge is 0.461 e. The van der Waals surface area contributed by atoms with Gasteiger partial charge in [0.1, 0.15) is 0 Å². The van der Waals surface area contributed by atoms with E-state index in [2.05, 4.69) is 4.37 Å². The fourth-order valence-electron chi connectivity index (χ4n) is 0.717. The molecule has 76 valence electrons. The van der Waals surface area contributed by atoms with Gasteiger partial charge in [-0.05, 0) is 6.42 Å². The Morgan fingerprint density at radius 1 is 1.79 bits per heavy atom. The standard InChI is InChI=1S/C7H8N2O4S/c1-2-3-13-7(10)5-4-6(9(11)12)14-8-5/h4H,2-3H2,1H3. The lowest BCUT2D eigenvalue weighted by Gasteiger charge is -1.97. The smallest absolute Gasteiger partial charge is 0.358 e. The van der Waals surface area contributed by atoms with Crippen LogP contribution < -0.4 is 0 Å². The monoisotopic (exact) mass is 216 g/mol. The van der Waals surface area contributed by atoms with Crippen molar-refractivity contribution in [2.75, 3.05) is 6.61 Å². The molecular formula is C7H8N2O4S. The summed E-state index contributed by atoms with van der Waals surface area (Å²) in [4.78, 5) is 20.8. The zero-order chi connectivity index (χ0) is 10.6. The first-order chi connectivity index (χ1) is 6.65. The summed E-state index contributed by atoms with van der Waals surface area (Å²) in [7, 11) is 0. The molecule has 0 aliphatic carbocycles. The van der Waals surface area contributed by atoms with Crippen molar-refractivity contribution in [2.24, 2.45) is 0 Å². The number of hydrogen-bond donors (Lipinski definition) is 0. The number of carbonyl (C=O) groups excluding carboxylic acids is 1. The number of nitro groups is 1. The Balaban J connectivity index is 2.66. The number of esters is 1. The van der Waals surface area contributed by atoms with Crippen LogP contribution in [0.5, 0.6) is 0 Å². The third kappa shape index (κ3) is 2.49. The number of nitrogens with zero attached hydrogens (tertiary/aromatic N) is 2. The maximum absolute atomic E-state index is 11.1. The molecule has 1 heterocycles. The van der Waals surface area contributed by atoms with E-state index < -0.39 is 10.9 Å². The van der Waals surface area contributed by atoms with E-state index in [1.807, 2.05) is 6.92 Å². The average Bonchev–Trinajstić information content (AvgIpc) is 2.62. The Labute approximate surface area is 83.8 Å². The SMILES string of the molecule is CCCOC(=O)c1cc([N+](=O)[O-])sn1. The van der Waals surface area contributed by atoms with Gasteiger partial charge in [0, 0.05) is 11.5 Å². The summed E-state index contributed by atoms with van der Waals surface area (Å²) in [5.41, 5.74) is -0.00449. The molecule has 0 aromatic carbocycles. The van der Waals surface area contributed by atoms with E-state index in [1.54, 1.807) is 0 Å². The van der Waals surface area contributed by atoms with Gasteiger partial charge < -0.3 is 4.74 Å². The fourth-order valence-corrected chi connectivity index (χ4v) is 1.27. The topological polar surface area (TPSA) is 82.3 Å². The van der Waals surface area contributed by atoms with Gasteiger partial charge in [0.25, 0.3) is 0 Å². The molecular weight excluding hydrogens is 208 g/mol. The van der Waals surface area contributed by atoms with Gasteiger partial charge >= 0.3 is 11.0 Å². The molecule has 0 saturated carbocycles. The molecule has 0 bridgehead atoms. The minimum atomic E-state index is -0.615. The third-order valence-corrected chi connectivity index (χ3v) is 2.07. The molecule has 0 aliphatic heterocycles. The first-order valence-corrected chi connectivity index (χ1v) is 4.70. The quantitative estimate of drug-likeness (QED) is 0.434. The number of carbonyl (C=O) groups is 1. The highest BCUT2D eigenvalue weighted by molar-refractivity contribution is 7.09. The summed E-state index contributed by atoms with van der Waals surface area (Å²) in [6, 6.07) is 1.11. The van der Waals surface area contributed by atoms with Crippen LogP contribution >= 0.6 is 11.5 Å². The Hall–Kier alpha value is -1.50. The molecule has 0 spiro atoms. The molecule has 1 aromatic heterocycles. The highest BCUT2D eigenvalue weighted by Crippen LogP contribution is 2.19. The number of ether oxygens (including phenoxy) is 1. The molecule has 1 rings (SSSR count). The first-order valence-electron chi connectivity index (χ1n) is 3.93. The van der Waals surface area contributed by atoms with Crippen LogP contribution in [0.1, 0.15) is 23.8 Å². The molecule has 14 heavy (non-hydrogen) atoms. The predicted molar refractivity (Wildman–Crippen MR) is 49.3 cm³/mol. The van der Waals surface area contributed by atoms with E-state index in [0.717, 1.165) is 6.07 Å². The van der Waals surface area contributed by atoms with Crippen molar-refractivity contribution in [1.82, 2.24) is 4.37 Å². The second-order valence-corrected chi connectivity index (χ2v) is 3.23. The van der Waals surface area contributed by atoms with E-state index in [9.17, 15) is 14.9 Å². The zero-order valence-electron chi connectivity index (χ0n) is 7.43. The van der Waals surface area contributed by atoms with Crippen LogP contribution in [0.2, 0.25) is 0 Å². The van der Waals surface area contributed by atoms with Crippen molar-refractivity contribution in [2.45, 2.75) is 13.3 Å². The van der Waals surface area contributed by atoms with E-state index in [4.69, 9.17) is 4.74 Å². The van der Waals surface area contributed by atoms with E-state index >= 15 is 0 Å². The lowest BCUT2D eigenvalue weighted by Crippen LogP contribution is -2.05. The summed E-state index contributed by atoms with van der Waals surface area (Å²) in [5, 5.41) is 10.1. The average molecular weight is 216 g/mol. The van der Waals surface area contributed by atoms with Crippen LogP contribution in [0, 0.1) is 10.1 Å². The molecule has 1 aromatic rings. The van der Waals surface area contributed by atoms with Crippen molar-refractivity contribution in [3.05, 3.63) is 21.9 Å². The Kier molecular flexibility index (Phi) is 3.52. The van der Waals surface area contributed by atoms with E-state index in [-0.39, 0.29) is 10.7 Å². The molecule has 0 fully saturated rings. The minimum Gasteiger partial charge on any atom is -0.461 e. The van der Waals surface area contributed by atoms with Gasteiger partial charge in [-0.15, -0.1) is 0 Å². The second-order valence-electron chi connectivity index (χ2n) is 2.44. The van der Waals surface area contributed by atoms with Crippen molar-refractivity contribution >= 4 is 22.5 Å². The van der Waals surface area contributed by atoms with Crippen molar-refractivity contribution < 1.29 is 14.5 Å². The fraction of sp³-hybridized carbons (Fsp3) is 0.429. The molecule has 0 atom stereocenters. The van der Waals surface area contributed by atoms with Crippen LogP contribution in [-0.4, -0.2) is 21.9 Å². The summed E-state index contributed by atoms with van der Waals surface area (Å²) >= 11 is 0.670. The molecule has 0 radical (unpaired) electrons. The van der Waals surface area contributed by atoms with Crippen LogP contribution in [0.25, 0.3) is 0 Å². The van der Waals surface area contributed by atoms with Gasteiger partial charge in [-0.25, -0.2) is 4.79 Å². The lowest BCUT2D eigenvalue weighted by molar-refractivity contribution is -0.380. The summed E-state index contributed by atoms with van der Waals surface area (Å²) in [6.45, 7) is 2.15. The maximum atomic E-state index is 11.1. The Morgan fingerprint density at radius 2 is 2.50 bits per heavy atom. The molecule has 0 N–H and O–H groups in total. The number of aromatic nitrogens is 1. The summed E-state index contributed by atoms with van der Waals surface area (Å²) in [5.74, 6) is -0.615. The van der Waals surface area contributed by atoms with Crippen LogP contribution in [0.15, 0.2) is 6.07 Å². The van der Waals surface area contributed by atoms with Gasteiger partial charge in [0.2, 0.25) is 0 Å². The van der Waals surface area contributed by atoms with Gasteiger partial charge in [0.05, 0.1) is 17.6 Å². The van der Waals surface area contributed by atoms with Gasteiger partial charge in [-0.2, -0.15) is 4.37 Å². The molecule has 0 unspecified atom stereocenters. The first kappa shape index (κ1) is 10.6. The maximum Gasteiger partial charge on any atom is 0.358 e. The summed E-state index contributed by atoms with van der Waals surface area (Å²) in [6.07, 6.45) is 0.706. The zero-order valence-corrected chi connectivity index (χ0v) is 8.24. The molecule has 0 aliphatic rings. The predicted octanol–water partition coefficient (Wildman–Crippen LogP) is 1.62. The number of rotatable bonds is 4. The Morgan fingerprint density at radius 3 is 3.00 bits per heavy atom. The molecule has 7 heteroatoms. The van der Waals surface area contributed by atoms with Crippen molar-refractivity contribution in [1.29, 1.82) is 0 Å². The van der Waals surface area contributed by atoms with E-state index in [0.29, 0.717) is 24.6 Å². The third-order valence-electron chi connectivity index (χ3n) is 1.32. The van der Waals surface area contributed by atoms with Gasteiger partial charge in [-0.3, -0.25) is 10.1 Å². The van der Waals surface area contributed by atoms with Crippen molar-refractivity contribution in [3.8, 4) is 0 Å². The summed E-state index contributed by atoms with van der Waals surface area (Å²) < 4.78 is 8.37.